The highest BCUT2D eigenvalue weighted by Gasteiger charge is 2.30. The summed E-state index contributed by atoms with van der Waals surface area (Å²) in [6.45, 7) is 7.70. The fourth-order valence-electron chi connectivity index (χ4n) is 3.05. The van der Waals surface area contributed by atoms with Gasteiger partial charge in [0.25, 0.3) is 0 Å². The lowest BCUT2D eigenvalue weighted by Crippen LogP contribution is -2.40. The van der Waals surface area contributed by atoms with Crippen LogP contribution in [-0.2, 0) is 11.3 Å². The van der Waals surface area contributed by atoms with Gasteiger partial charge in [0.05, 0.1) is 6.54 Å². The van der Waals surface area contributed by atoms with E-state index in [-0.39, 0.29) is 29.9 Å². The van der Waals surface area contributed by atoms with Crippen molar-refractivity contribution < 1.29 is 4.79 Å². The number of nitrogens with one attached hydrogen (secondary N) is 2. The van der Waals surface area contributed by atoms with Crippen molar-refractivity contribution in [2.45, 2.75) is 26.8 Å². The highest BCUT2D eigenvalue weighted by Crippen LogP contribution is 2.28. The summed E-state index contributed by atoms with van der Waals surface area (Å²) in [5, 5.41) is 6.37. The van der Waals surface area contributed by atoms with E-state index < -0.39 is 0 Å². The molecule has 0 aromatic heterocycles. The topological polar surface area (TPSA) is 60.0 Å². The van der Waals surface area contributed by atoms with Crippen LogP contribution < -0.4 is 10.6 Å². The number of aliphatic imine (C=N–C) groups is 1. The molecule has 7 heteroatoms. The van der Waals surface area contributed by atoms with Crippen molar-refractivity contribution in [1.29, 1.82) is 0 Å². The van der Waals surface area contributed by atoms with E-state index in [1.807, 2.05) is 44.2 Å². The molecule has 2 N–H and O–H groups in total. The molecule has 0 saturated carbocycles. The van der Waals surface area contributed by atoms with Crippen molar-refractivity contribution in [2.24, 2.45) is 10.4 Å². The lowest BCUT2D eigenvalue weighted by atomic mass is 9.93. The van der Waals surface area contributed by atoms with Crippen LogP contribution in [0.4, 0.5) is 5.69 Å². The summed E-state index contributed by atoms with van der Waals surface area (Å²) in [5.41, 5.74) is 2.28. The molecule has 1 aliphatic heterocycles. The number of benzene rings is 1. The van der Waals surface area contributed by atoms with E-state index in [9.17, 15) is 4.79 Å². The largest absolute Gasteiger partial charge is 0.352 e. The fourth-order valence-corrected chi connectivity index (χ4v) is 3.05. The van der Waals surface area contributed by atoms with Gasteiger partial charge in [0.1, 0.15) is 0 Å². The van der Waals surface area contributed by atoms with Crippen LogP contribution in [0.3, 0.4) is 0 Å². The van der Waals surface area contributed by atoms with Gasteiger partial charge in [-0.15, -0.1) is 24.0 Å². The van der Waals surface area contributed by atoms with E-state index in [0.29, 0.717) is 18.5 Å². The van der Waals surface area contributed by atoms with E-state index >= 15 is 0 Å². The second-order valence-corrected chi connectivity index (χ2v) is 7.72. The average molecular weight is 473 g/mol. The summed E-state index contributed by atoms with van der Waals surface area (Å²) in [7, 11) is 5.59. The molecule has 1 heterocycles. The van der Waals surface area contributed by atoms with E-state index in [1.54, 1.807) is 0 Å². The first-order valence-electron chi connectivity index (χ1n) is 8.78. The minimum Gasteiger partial charge on any atom is -0.352 e. The van der Waals surface area contributed by atoms with Crippen LogP contribution in [0.2, 0.25) is 0 Å². The quantitative estimate of drug-likeness (QED) is 0.392. The fraction of sp³-hybridized carbons (Fsp3) is 0.579. The molecule has 1 fully saturated rings. The van der Waals surface area contributed by atoms with Crippen LogP contribution in [0.25, 0.3) is 0 Å². The number of carbonyl (C=O) groups excluding carboxylic acids is 1. The number of nitrogens with zero attached hydrogens (tertiary/aromatic N) is 3. The lowest BCUT2D eigenvalue weighted by Gasteiger charge is -2.23. The number of rotatable bonds is 5. The Morgan fingerprint density at radius 3 is 2.65 bits per heavy atom. The molecular weight excluding hydrogens is 441 g/mol. The number of likely N-dealkylation sites (N-methyl/N-ethyl adjacent to an activating group) is 1. The monoisotopic (exact) mass is 473 g/mol. The standard InChI is InChI=1S/C19H31N5O.HI/c1-19(2)9-10-24(14-19)18(20-3)21-12-15-7-6-8-16(11-15)22-17(25)13-23(4)5;/h6-8,11H,9-10,12-14H2,1-5H3,(H,20,21)(H,22,25);1H. The third kappa shape index (κ3) is 7.11. The molecule has 0 aliphatic carbocycles. The van der Waals surface area contributed by atoms with Gasteiger partial charge in [-0.25, -0.2) is 0 Å². The third-order valence-electron chi connectivity index (χ3n) is 4.31. The molecule has 0 unspecified atom stereocenters. The zero-order valence-corrected chi connectivity index (χ0v) is 18.8. The van der Waals surface area contributed by atoms with Crippen molar-refractivity contribution in [3.05, 3.63) is 29.8 Å². The molecule has 146 valence electrons. The van der Waals surface area contributed by atoms with Crippen molar-refractivity contribution in [1.82, 2.24) is 15.1 Å². The minimum atomic E-state index is -0.00906. The van der Waals surface area contributed by atoms with E-state index in [2.05, 4.69) is 40.4 Å². The number of halogens is 1. The first-order chi connectivity index (χ1) is 11.8. The van der Waals surface area contributed by atoms with Crippen molar-refractivity contribution in [3.8, 4) is 0 Å². The number of carbonyl (C=O) groups is 1. The number of anilines is 1. The summed E-state index contributed by atoms with van der Waals surface area (Å²) in [6.07, 6.45) is 1.18. The van der Waals surface area contributed by atoms with Crippen LogP contribution in [0, 0.1) is 5.41 Å². The molecule has 0 atom stereocenters. The maximum Gasteiger partial charge on any atom is 0.238 e. The van der Waals surface area contributed by atoms with E-state index in [4.69, 9.17) is 0 Å². The number of hydrogen-bond donors (Lipinski definition) is 2. The van der Waals surface area contributed by atoms with Gasteiger partial charge in [-0.05, 0) is 43.6 Å². The van der Waals surface area contributed by atoms with E-state index in [0.717, 1.165) is 30.3 Å². The molecular formula is C19H32IN5O. The second kappa shape index (κ2) is 10.1. The van der Waals surface area contributed by atoms with Crippen molar-refractivity contribution in [2.75, 3.05) is 46.1 Å². The molecule has 1 aromatic carbocycles. The first-order valence-corrected chi connectivity index (χ1v) is 8.78. The summed E-state index contributed by atoms with van der Waals surface area (Å²) < 4.78 is 0. The molecule has 0 bridgehead atoms. The first kappa shape index (κ1) is 22.7. The van der Waals surface area contributed by atoms with Gasteiger partial charge < -0.3 is 20.4 Å². The number of hydrogen-bond acceptors (Lipinski definition) is 3. The number of amides is 1. The van der Waals surface area contributed by atoms with Crippen LogP contribution >= 0.6 is 24.0 Å². The molecule has 1 saturated heterocycles. The Bertz CT molecular complexity index is 630. The Balaban J connectivity index is 0.00000338. The van der Waals surface area contributed by atoms with Gasteiger partial charge >= 0.3 is 0 Å². The summed E-state index contributed by atoms with van der Waals surface area (Å²) in [5.74, 6) is 0.929. The van der Waals surface area contributed by atoms with Gasteiger partial charge in [-0.1, -0.05) is 26.0 Å². The zero-order valence-electron chi connectivity index (χ0n) is 16.5. The van der Waals surface area contributed by atoms with Gasteiger partial charge in [0.15, 0.2) is 5.96 Å². The van der Waals surface area contributed by atoms with Crippen molar-refractivity contribution in [3.63, 3.8) is 0 Å². The molecule has 0 spiro atoms. The SMILES string of the molecule is CN=C(NCc1cccc(NC(=O)CN(C)C)c1)N1CCC(C)(C)C1.I. The number of likely N-dealkylation sites (tertiary alicyclic amines) is 1. The predicted molar refractivity (Wildman–Crippen MR) is 119 cm³/mol. The van der Waals surface area contributed by atoms with Crippen LogP contribution in [0.5, 0.6) is 0 Å². The summed E-state index contributed by atoms with van der Waals surface area (Å²) in [4.78, 5) is 20.5. The average Bonchev–Trinajstić information content (AvgIpc) is 2.87. The molecule has 1 aromatic rings. The normalized spacial score (nSPS) is 16.4. The molecule has 26 heavy (non-hydrogen) atoms. The third-order valence-corrected chi connectivity index (χ3v) is 4.31. The van der Waals surface area contributed by atoms with Crippen molar-refractivity contribution >= 4 is 41.5 Å². The highest BCUT2D eigenvalue weighted by atomic mass is 127. The molecule has 0 radical (unpaired) electrons. The Kier molecular flexibility index (Phi) is 8.82. The minimum absolute atomic E-state index is 0. The molecule has 6 nitrogen and oxygen atoms in total. The zero-order chi connectivity index (χ0) is 18.4. The molecule has 1 aliphatic rings. The Labute approximate surface area is 174 Å². The Hall–Kier alpha value is -1.35. The van der Waals surface area contributed by atoms with Gasteiger partial charge in [-0.3, -0.25) is 9.79 Å². The van der Waals surface area contributed by atoms with Crippen LogP contribution in [-0.4, -0.2) is 62.4 Å². The molecule has 1 amide bonds. The lowest BCUT2D eigenvalue weighted by molar-refractivity contribution is -0.116. The van der Waals surface area contributed by atoms with Gasteiger partial charge in [0, 0.05) is 32.4 Å². The van der Waals surface area contributed by atoms with Crippen LogP contribution in [0.1, 0.15) is 25.8 Å². The van der Waals surface area contributed by atoms with Gasteiger partial charge in [-0.2, -0.15) is 0 Å². The predicted octanol–water partition coefficient (Wildman–Crippen LogP) is 2.61. The summed E-state index contributed by atoms with van der Waals surface area (Å²) in [6, 6.07) is 7.93. The maximum absolute atomic E-state index is 11.9. The highest BCUT2D eigenvalue weighted by molar-refractivity contribution is 14.0. The van der Waals surface area contributed by atoms with E-state index in [1.165, 1.54) is 6.42 Å². The smallest absolute Gasteiger partial charge is 0.238 e. The van der Waals surface area contributed by atoms with Crippen LogP contribution in [0.15, 0.2) is 29.3 Å². The van der Waals surface area contributed by atoms with Gasteiger partial charge in [0.2, 0.25) is 5.91 Å². The second-order valence-electron chi connectivity index (χ2n) is 7.72. The molecule has 2 rings (SSSR count). The Morgan fingerprint density at radius 2 is 2.08 bits per heavy atom. The summed E-state index contributed by atoms with van der Waals surface area (Å²) >= 11 is 0. The number of guanidine groups is 1. The Morgan fingerprint density at radius 1 is 1.35 bits per heavy atom. The maximum atomic E-state index is 11.9.